The summed E-state index contributed by atoms with van der Waals surface area (Å²) in [4.78, 5) is 11.1. The van der Waals surface area contributed by atoms with Gasteiger partial charge in [-0.05, 0) is 24.1 Å². The maximum absolute atomic E-state index is 11.1. The van der Waals surface area contributed by atoms with Crippen molar-refractivity contribution in [3.63, 3.8) is 0 Å². The van der Waals surface area contributed by atoms with Crippen molar-refractivity contribution in [2.24, 2.45) is 5.92 Å². The number of carbonyl (C=O) groups excluding carboxylic acids is 1. The van der Waals surface area contributed by atoms with Gasteiger partial charge in [-0.1, -0.05) is 38.5 Å². The standard InChI is InChI=1S/C14H22N2O/c1-4-11(2)9-15-10-13-7-5-6-8-14(13)16-12(3)17/h5-8,11,15H,4,9-10H2,1-3H3,(H,16,17). The molecule has 3 nitrogen and oxygen atoms in total. The summed E-state index contributed by atoms with van der Waals surface area (Å²) in [6.45, 7) is 7.75. The average molecular weight is 234 g/mol. The van der Waals surface area contributed by atoms with Gasteiger partial charge in [0.1, 0.15) is 0 Å². The van der Waals surface area contributed by atoms with Gasteiger partial charge in [0.2, 0.25) is 5.91 Å². The highest BCUT2D eigenvalue weighted by Crippen LogP contribution is 2.14. The summed E-state index contributed by atoms with van der Waals surface area (Å²) >= 11 is 0. The Balaban J connectivity index is 2.54. The van der Waals surface area contributed by atoms with E-state index in [1.54, 1.807) is 0 Å². The Hall–Kier alpha value is -1.35. The normalized spacial score (nSPS) is 12.2. The van der Waals surface area contributed by atoms with Crippen LogP contribution in [0.4, 0.5) is 5.69 Å². The highest BCUT2D eigenvalue weighted by molar-refractivity contribution is 5.89. The molecule has 0 saturated carbocycles. The van der Waals surface area contributed by atoms with Crippen molar-refractivity contribution in [1.82, 2.24) is 5.32 Å². The summed E-state index contributed by atoms with van der Waals surface area (Å²) in [5.41, 5.74) is 2.03. The van der Waals surface area contributed by atoms with Crippen molar-refractivity contribution < 1.29 is 4.79 Å². The van der Waals surface area contributed by atoms with Gasteiger partial charge in [-0.25, -0.2) is 0 Å². The highest BCUT2D eigenvalue weighted by Gasteiger charge is 2.03. The molecule has 0 bridgehead atoms. The lowest BCUT2D eigenvalue weighted by Crippen LogP contribution is -2.21. The predicted octanol–water partition coefficient (Wildman–Crippen LogP) is 2.78. The van der Waals surface area contributed by atoms with Crippen LogP contribution in [0.2, 0.25) is 0 Å². The van der Waals surface area contributed by atoms with Crippen LogP contribution in [-0.2, 0) is 11.3 Å². The molecule has 1 unspecified atom stereocenters. The van der Waals surface area contributed by atoms with Crippen molar-refractivity contribution in [3.8, 4) is 0 Å². The lowest BCUT2D eigenvalue weighted by molar-refractivity contribution is -0.114. The van der Waals surface area contributed by atoms with Crippen LogP contribution in [0.3, 0.4) is 0 Å². The Labute approximate surface area is 104 Å². The van der Waals surface area contributed by atoms with Gasteiger partial charge in [0.25, 0.3) is 0 Å². The van der Waals surface area contributed by atoms with Gasteiger partial charge in [0, 0.05) is 19.2 Å². The van der Waals surface area contributed by atoms with Gasteiger partial charge < -0.3 is 10.6 Å². The lowest BCUT2D eigenvalue weighted by Gasteiger charge is -2.13. The van der Waals surface area contributed by atoms with Gasteiger partial charge in [0.15, 0.2) is 0 Å². The molecule has 0 aliphatic rings. The Morgan fingerprint density at radius 3 is 2.71 bits per heavy atom. The van der Waals surface area contributed by atoms with Crippen molar-refractivity contribution >= 4 is 11.6 Å². The Morgan fingerprint density at radius 2 is 2.06 bits per heavy atom. The Bertz CT molecular complexity index is 363. The van der Waals surface area contributed by atoms with E-state index in [2.05, 4.69) is 24.5 Å². The van der Waals surface area contributed by atoms with E-state index in [4.69, 9.17) is 0 Å². The number of anilines is 1. The van der Waals surface area contributed by atoms with Gasteiger partial charge in [-0.2, -0.15) is 0 Å². The summed E-state index contributed by atoms with van der Waals surface area (Å²) in [6.07, 6.45) is 1.18. The maximum Gasteiger partial charge on any atom is 0.221 e. The smallest absolute Gasteiger partial charge is 0.221 e. The second-order valence-electron chi connectivity index (χ2n) is 4.48. The fraction of sp³-hybridized carbons (Fsp3) is 0.500. The fourth-order valence-electron chi connectivity index (χ4n) is 1.58. The van der Waals surface area contributed by atoms with Crippen molar-refractivity contribution in [2.75, 3.05) is 11.9 Å². The van der Waals surface area contributed by atoms with Gasteiger partial charge >= 0.3 is 0 Å². The summed E-state index contributed by atoms with van der Waals surface area (Å²) in [5, 5.41) is 6.26. The van der Waals surface area contributed by atoms with Gasteiger partial charge in [-0.15, -0.1) is 0 Å². The number of carbonyl (C=O) groups is 1. The molecule has 0 heterocycles. The van der Waals surface area contributed by atoms with E-state index in [9.17, 15) is 4.79 Å². The molecule has 94 valence electrons. The summed E-state index contributed by atoms with van der Waals surface area (Å²) < 4.78 is 0. The number of nitrogens with one attached hydrogen (secondary N) is 2. The first kappa shape index (κ1) is 13.7. The second kappa shape index (κ2) is 7.07. The van der Waals surface area contributed by atoms with Crippen LogP contribution >= 0.6 is 0 Å². The zero-order valence-corrected chi connectivity index (χ0v) is 10.9. The molecule has 1 aromatic rings. The number of amides is 1. The molecule has 0 radical (unpaired) electrons. The first-order valence-corrected chi connectivity index (χ1v) is 6.19. The van der Waals surface area contributed by atoms with E-state index < -0.39 is 0 Å². The molecule has 1 aromatic carbocycles. The van der Waals surface area contributed by atoms with Gasteiger partial charge in [0.05, 0.1) is 0 Å². The van der Waals surface area contributed by atoms with Gasteiger partial charge in [-0.3, -0.25) is 4.79 Å². The summed E-state index contributed by atoms with van der Waals surface area (Å²) in [5.74, 6) is 0.655. The molecule has 3 heteroatoms. The Kier molecular flexibility index (Phi) is 5.70. The maximum atomic E-state index is 11.1. The topological polar surface area (TPSA) is 41.1 Å². The molecule has 0 aromatic heterocycles. The van der Waals surface area contributed by atoms with Crippen LogP contribution in [0.15, 0.2) is 24.3 Å². The van der Waals surface area contributed by atoms with Crippen LogP contribution in [0.25, 0.3) is 0 Å². The number of benzene rings is 1. The van der Waals surface area contributed by atoms with Crippen LogP contribution in [0, 0.1) is 5.92 Å². The first-order valence-electron chi connectivity index (χ1n) is 6.19. The first-order chi connectivity index (χ1) is 8.13. The molecule has 2 N–H and O–H groups in total. The minimum atomic E-state index is -0.0284. The lowest BCUT2D eigenvalue weighted by atomic mass is 10.1. The quantitative estimate of drug-likeness (QED) is 0.794. The second-order valence-corrected chi connectivity index (χ2v) is 4.48. The monoisotopic (exact) mass is 234 g/mol. The van der Waals surface area contributed by atoms with Crippen LogP contribution in [-0.4, -0.2) is 12.5 Å². The Morgan fingerprint density at radius 1 is 1.35 bits per heavy atom. The van der Waals surface area contributed by atoms with Crippen LogP contribution in [0.1, 0.15) is 32.8 Å². The molecule has 1 atom stereocenters. The number of hydrogen-bond donors (Lipinski definition) is 2. The van der Waals surface area contributed by atoms with Crippen molar-refractivity contribution in [1.29, 1.82) is 0 Å². The molecule has 0 aliphatic heterocycles. The van der Waals surface area contributed by atoms with Crippen LogP contribution < -0.4 is 10.6 Å². The van der Waals surface area contributed by atoms with E-state index in [0.717, 1.165) is 24.3 Å². The number of hydrogen-bond acceptors (Lipinski definition) is 2. The van der Waals surface area contributed by atoms with E-state index >= 15 is 0 Å². The summed E-state index contributed by atoms with van der Waals surface area (Å²) in [7, 11) is 0. The molecule has 0 aliphatic carbocycles. The molecule has 1 rings (SSSR count). The van der Waals surface area contributed by atoms with E-state index in [1.807, 2.05) is 24.3 Å². The van der Waals surface area contributed by atoms with E-state index in [0.29, 0.717) is 5.92 Å². The van der Waals surface area contributed by atoms with Crippen molar-refractivity contribution in [2.45, 2.75) is 33.7 Å². The van der Waals surface area contributed by atoms with Crippen LogP contribution in [0.5, 0.6) is 0 Å². The van der Waals surface area contributed by atoms with E-state index in [-0.39, 0.29) is 5.91 Å². The molecule has 0 saturated heterocycles. The molecule has 0 fully saturated rings. The predicted molar refractivity (Wildman–Crippen MR) is 71.9 cm³/mol. The third-order valence-corrected chi connectivity index (χ3v) is 2.83. The molecular formula is C14H22N2O. The largest absolute Gasteiger partial charge is 0.326 e. The number of rotatable bonds is 6. The van der Waals surface area contributed by atoms with E-state index in [1.165, 1.54) is 13.3 Å². The zero-order valence-electron chi connectivity index (χ0n) is 10.9. The highest BCUT2D eigenvalue weighted by atomic mass is 16.1. The molecule has 17 heavy (non-hydrogen) atoms. The SMILES string of the molecule is CCC(C)CNCc1ccccc1NC(C)=O. The molecule has 0 spiro atoms. The minimum absolute atomic E-state index is 0.0284. The third kappa shape index (κ3) is 5.00. The zero-order chi connectivity index (χ0) is 12.7. The summed E-state index contributed by atoms with van der Waals surface area (Å²) in [6, 6.07) is 7.89. The molecular weight excluding hydrogens is 212 g/mol. The van der Waals surface area contributed by atoms with Crippen molar-refractivity contribution in [3.05, 3.63) is 29.8 Å². The minimum Gasteiger partial charge on any atom is -0.326 e. The molecule has 1 amide bonds. The third-order valence-electron chi connectivity index (χ3n) is 2.83. The number of para-hydroxylation sites is 1. The average Bonchev–Trinajstić information content (AvgIpc) is 2.30. The fourth-order valence-corrected chi connectivity index (χ4v) is 1.58.